The molecule has 0 N–H and O–H groups in total. The molecule has 35 heavy (non-hydrogen) atoms. The molecular weight excluding hydrogens is 451 g/mol. The molecule has 0 bridgehead atoms. The number of fused-ring (bicyclic) bond motifs is 1. The number of halogens is 1. The van der Waals surface area contributed by atoms with Gasteiger partial charge in [-0.05, 0) is 53.1 Å². The molecule has 0 spiro atoms. The third-order valence-corrected chi connectivity index (χ3v) is 6.87. The molecule has 1 aromatic carbocycles. The molecule has 0 radical (unpaired) electrons. The molecule has 10 nitrogen and oxygen atoms in total. The van der Waals surface area contributed by atoms with E-state index in [1.165, 1.54) is 17.1 Å². The number of rotatable bonds is 4. The summed E-state index contributed by atoms with van der Waals surface area (Å²) in [6, 6.07) is 8.78. The van der Waals surface area contributed by atoms with Crippen molar-refractivity contribution in [2.75, 3.05) is 32.8 Å². The number of morpholine rings is 1. The maximum absolute atomic E-state index is 13.9. The summed E-state index contributed by atoms with van der Waals surface area (Å²) in [7, 11) is 0. The number of amides is 1. The second-order valence-electron chi connectivity index (χ2n) is 8.90. The van der Waals surface area contributed by atoms with Crippen LogP contribution in [0, 0.1) is 31.0 Å². The number of ether oxygens (including phenoxy) is 1. The lowest BCUT2D eigenvalue weighted by Crippen LogP contribution is -2.59. The van der Waals surface area contributed by atoms with E-state index >= 15 is 0 Å². The lowest BCUT2D eigenvalue weighted by molar-refractivity contribution is -0.139. The van der Waals surface area contributed by atoms with E-state index in [9.17, 15) is 14.4 Å². The molecule has 2 aliphatic heterocycles. The standard InChI is InChI=1S/C24H25FN8O2/c1-15-19(4-5-21(25)20(15)10-26)22-12-31-7-8-32(11-18(31)13-35-22)24(34)9-17-3-6-23(28-16(17)2)33-14-27-29-30-33/h3-6,14,18,22H,7-9,11-13H2,1-2H3/t18-,22+/m1/s1. The summed E-state index contributed by atoms with van der Waals surface area (Å²) < 4.78 is 21.5. The van der Waals surface area contributed by atoms with E-state index < -0.39 is 5.82 Å². The lowest BCUT2D eigenvalue weighted by atomic mass is 9.96. The zero-order chi connectivity index (χ0) is 24.5. The van der Waals surface area contributed by atoms with E-state index in [1.807, 2.05) is 24.0 Å². The fourth-order valence-corrected chi connectivity index (χ4v) is 4.81. The zero-order valence-electron chi connectivity index (χ0n) is 19.6. The molecule has 3 aromatic rings. The fraction of sp³-hybridized carbons (Fsp3) is 0.417. The smallest absolute Gasteiger partial charge is 0.227 e. The molecule has 2 atom stereocenters. The summed E-state index contributed by atoms with van der Waals surface area (Å²) in [6.45, 7) is 6.70. The van der Waals surface area contributed by atoms with Crippen LogP contribution in [-0.4, -0.2) is 79.7 Å². The highest BCUT2D eigenvalue weighted by Gasteiger charge is 2.36. The minimum Gasteiger partial charge on any atom is -0.370 e. The molecule has 4 heterocycles. The van der Waals surface area contributed by atoms with Crippen molar-refractivity contribution in [1.29, 1.82) is 5.26 Å². The largest absolute Gasteiger partial charge is 0.370 e. The second-order valence-corrected chi connectivity index (χ2v) is 8.90. The highest BCUT2D eigenvalue weighted by atomic mass is 19.1. The van der Waals surface area contributed by atoms with E-state index in [-0.39, 0.29) is 30.0 Å². The van der Waals surface area contributed by atoms with Gasteiger partial charge in [0.2, 0.25) is 5.91 Å². The maximum atomic E-state index is 13.9. The van der Waals surface area contributed by atoms with Crippen molar-refractivity contribution in [2.45, 2.75) is 32.4 Å². The number of nitrogens with zero attached hydrogens (tertiary/aromatic N) is 8. The number of aromatic nitrogens is 5. The highest BCUT2D eigenvalue weighted by Crippen LogP contribution is 2.31. The van der Waals surface area contributed by atoms with Crippen molar-refractivity contribution < 1.29 is 13.9 Å². The number of pyridine rings is 1. The average molecular weight is 477 g/mol. The van der Waals surface area contributed by atoms with Gasteiger partial charge in [0.05, 0.1) is 30.7 Å². The molecule has 1 amide bonds. The van der Waals surface area contributed by atoms with Gasteiger partial charge >= 0.3 is 0 Å². The molecule has 180 valence electrons. The number of carbonyl (C=O) groups is 1. The van der Waals surface area contributed by atoms with E-state index in [1.54, 1.807) is 19.1 Å². The van der Waals surface area contributed by atoms with Crippen molar-refractivity contribution in [3.05, 3.63) is 64.4 Å². The summed E-state index contributed by atoms with van der Waals surface area (Å²) in [5.41, 5.74) is 3.17. The number of aryl methyl sites for hydroxylation is 1. The number of piperazine rings is 1. The molecule has 5 rings (SSSR count). The number of nitriles is 1. The summed E-state index contributed by atoms with van der Waals surface area (Å²) in [5.74, 6) is 0.148. The molecule has 2 aliphatic rings. The van der Waals surface area contributed by atoms with Gasteiger partial charge in [-0.25, -0.2) is 9.37 Å². The molecule has 2 fully saturated rings. The monoisotopic (exact) mass is 476 g/mol. The predicted octanol–water partition coefficient (Wildman–Crippen LogP) is 1.51. The molecule has 2 aromatic heterocycles. The summed E-state index contributed by atoms with van der Waals surface area (Å²) in [5, 5.41) is 20.4. The summed E-state index contributed by atoms with van der Waals surface area (Å²) >= 11 is 0. The second kappa shape index (κ2) is 9.48. The van der Waals surface area contributed by atoms with Crippen molar-refractivity contribution in [2.24, 2.45) is 0 Å². The Morgan fingerprint density at radius 3 is 2.83 bits per heavy atom. The highest BCUT2D eigenvalue weighted by molar-refractivity contribution is 5.79. The van der Waals surface area contributed by atoms with Crippen LogP contribution >= 0.6 is 0 Å². The molecule has 2 saturated heterocycles. The van der Waals surface area contributed by atoms with Crippen LogP contribution in [0.15, 0.2) is 30.6 Å². The zero-order valence-corrected chi connectivity index (χ0v) is 19.6. The number of tetrazole rings is 1. The van der Waals surface area contributed by atoms with Gasteiger partial charge in [0, 0.05) is 31.9 Å². The van der Waals surface area contributed by atoms with Gasteiger partial charge in [-0.2, -0.15) is 9.94 Å². The Balaban J connectivity index is 1.21. The summed E-state index contributed by atoms with van der Waals surface area (Å²) in [4.78, 5) is 21.8. The normalized spacial score (nSPS) is 20.3. The SMILES string of the molecule is Cc1nc(-n2cnnn2)ccc1CC(=O)N1CCN2C[C@@H](c3ccc(F)c(C#N)c3C)OC[C@H]2C1. The fourth-order valence-electron chi connectivity index (χ4n) is 4.81. The first-order chi connectivity index (χ1) is 16.9. The van der Waals surface area contributed by atoms with Crippen molar-refractivity contribution in [3.8, 4) is 11.9 Å². The van der Waals surface area contributed by atoms with Gasteiger partial charge in [0.25, 0.3) is 0 Å². The molecule has 0 saturated carbocycles. The van der Waals surface area contributed by atoms with E-state index in [2.05, 4.69) is 25.4 Å². The van der Waals surface area contributed by atoms with E-state index in [0.29, 0.717) is 37.6 Å². The van der Waals surface area contributed by atoms with Crippen LogP contribution in [-0.2, 0) is 16.0 Å². The lowest BCUT2D eigenvalue weighted by Gasteiger charge is -2.46. The average Bonchev–Trinajstić information content (AvgIpc) is 3.40. The number of hydrogen-bond acceptors (Lipinski definition) is 8. The minimum absolute atomic E-state index is 0.0555. The predicted molar refractivity (Wildman–Crippen MR) is 122 cm³/mol. The first-order valence-electron chi connectivity index (χ1n) is 11.5. The first-order valence-corrected chi connectivity index (χ1v) is 11.5. The Morgan fingerprint density at radius 1 is 1.23 bits per heavy atom. The maximum Gasteiger partial charge on any atom is 0.227 e. The Morgan fingerprint density at radius 2 is 2.09 bits per heavy atom. The van der Waals surface area contributed by atoms with Crippen molar-refractivity contribution in [3.63, 3.8) is 0 Å². The molecular formula is C24H25FN8O2. The van der Waals surface area contributed by atoms with Gasteiger partial charge in [-0.15, -0.1) is 5.10 Å². The number of carbonyl (C=O) groups excluding carboxylic acids is 1. The van der Waals surface area contributed by atoms with Gasteiger partial charge in [-0.3, -0.25) is 9.69 Å². The molecule has 0 aliphatic carbocycles. The van der Waals surface area contributed by atoms with E-state index in [4.69, 9.17) is 4.74 Å². The van der Waals surface area contributed by atoms with Crippen LogP contribution in [0.3, 0.4) is 0 Å². The molecule has 11 heteroatoms. The third-order valence-electron chi connectivity index (χ3n) is 6.87. The van der Waals surface area contributed by atoms with Gasteiger partial charge in [-0.1, -0.05) is 12.1 Å². The van der Waals surface area contributed by atoms with Crippen LogP contribution in [0.4, 0.5) is 4.39 Å². The minimum atomic E-state index is -0.509. The van der Waals surface area contributed by atoms with Crippen molar-refractivity contribution in [1.82, 2.24) is 35.0 Å². The van der Waals surface area contributed by atoms with Crippen molar-refractivity contribution >= 4 is 5.91 Å². The Hall–Kier alpha value is -3.75. The molecule has 0 unspecified atom stereocenters. The van der Waals surface area contributed by atoms with Crippen LogP contribution in [0.5, 0.6) is 0 Å². The van der Waals surface area contributed by atoms with Gasteiger partial charge in [0.1, 0.15) is 18.2 Å². The topological polar surface area (TPSA) is 113 Å². The quantitative estimate of drug-likeness (QED) is 0.557. The summed E-state index contributed by atoms with van der Waals surface area (Å²) in [6.07, 6.45) is 1.52. The first kappa shape index (κ1) is 23.0. The van der Waals surface area contributed by atoms with Crippen LogP contribution in [0.25, 0.3) is 5.82 Å². The number of benzene rings is 1. The van der Waals surface area contributed by atoms with Gasteiger partial charge in [0.15, 0.2) is 5.82 Å². The third kappa shape index (κ3) is 4.50. The van der Waals surface area contributed by atoms with E-state index in [0.717, 1.165) is 23.4 Å². The van der Waals surface area contributed by atoms with Gasteiger partial charge < -0.3 is 9.64 Å². The Kier molecular flexibility index (Phi) is 6.23. The van der Waals surface area contributed by atoms with Crippen LogP contribution < -0.4 is 0 Å². The Bertz CT molecular complexity index is 1290. The van der Waals surface area contributed by atoms with Crippen LogP contribution in [0.2, 0.25) is 0 Å². The number of hydrogen-bond donors (Lipinski definition) is 0. The van der Waals surface area contributed by atoms with Crippen LogP contribution in [0.1, 0.15) is 34.1 Å². The Labute approximate surface area is 201 Å².